The van der Waals surface area contributed by atoms with Crippen molar-refractivity contribution in [1.29, 1.82) is 0 Å². The van der Waals surface area contributed by atoms with E-state index in [4.69, 9.17) is 6.42 Å². The number of carbonyl (C=O) groups is 1. The fraction of sp³-hybridized carbons (Fsp3) is 0.667. The highest BCUT2D eigenvalue weighted by Crippen LogP contribution is 2.64. The molecular weight excluding hydrogens is 268 g/mol. The van der Waals surface area contributed by atoms with Crippen LogP contribution in [0.25, 0.3) is 0 Å². The van der Waals surface area contributed by atoms with Crippen LogP contribution in [0.2, 0.25) is 0 Å². The van der Waals surface area contributed by atoms with E-state index in [0.29, 0.717) is 29.0 Å². The van der Waals surface area contributed by atoms with Gasteiger partial charge in [-0.1, -0.05) is 26.0 Å². The maximum Gasteiger partial charge on any atom is 0.156 e. The first kappa shape index (κ1) is 14.3. The first-order valence-electron chi connectivity index (χ1n) is 8.88. The summed E-state index contributed by atoms with van der Waals surface area (Å²) in [5.74, 6) is 5.96. The van der Waals surface area contributed by atoms with Crippen LogP contribution in [0.5, 0.6) is 0 Å². The van der Waals surface area contributed by atoms with Crippen molar-refractivity contribution in [2.75, 3.05) is 0 Å². The Morgan fingerprint density at radius 2 is 2.00 bits per heavy atom. The smallest absolute Gasteiger partial charge is 0.156 e. The van der Waals surface area contributed by atoms with Gasteiger partial charge in [0.1, 0.15) is 0 Å². The van der Waals surface area contributed by atoms with Gasteiger partial charge in [-0.2, -0.15) is 0 Å². The number of rotatable bonds is 0. The molecule has 2 fully saturated rings. The highest BCUT2D eigenvalue weighted by molar-refractivity contribution is 5.92. The van der Waals surface area contributed by atoms with Crippen molar-refractivity contribution in [1.82, 2.24) is 0 Å². The highest BCUT2D eigenvalue weighted by Gasteiger charge is 2.57. The van der Waals surface area contributed by atoms with E-state index in [-0.39, 0.29) is 5.41 Å². The average Bonchev–Trinajstić information content (AvgIpc) is 2.84. The minimum Gasteiger partial charge on any atom is -0.295 e. The zero-order valence-corrected chi connectivity index (χ0v) is 13.8. The van der Waals surface area contributed by atoms with E-state index < -0.39 is 0 Å². The van der Waals surface area contributed by atoms with Gasteiger partial charge in [-0.05, 0) is 72.3 Å². The summed E-state index contributed by atoms with van der Waals surface area (Å²) in [6.07, 6.45) is 19.2. The van der Waals surface area contributed by atoms with E-state index in [1.54, 1.807) is 0 Å². The fourth-order valence-electron chi connectivity index (χ4n) is 6.27. The largest absolute Gasteiger partial charge is 0.295 e. The first-order valence-corrected chi connectivity index (χ1v) is 8.88. The van der Waals surface area contributed by atoms with Crippen molar-refractivity contribution in [2.45, 2.75) is 52.4 Å². The molecule has 6 atom stereocenters. The number of terminal acetylenes is 1. The second kappa shape index (κ2) is 4.60. The lowest BCUT2D eigenvalue weighted by Crippen LogP contribution is -2.48. The molecule has 4 rings (SSSR count). The molecule has 0 bridgehead atoms. The van der Waals surface area contributed by atoms with Crippen molar-refractivity contribution in [3.05, 3.63) is 23.8 Å². The molecular formula is C21H26O. The summed E-state index contributed by atoms with van der Waals surface area (Å²) in [5, 5.41) is 0. The molecule has 1 heteroatoms. The molecule has 0 saturated heterocycles. The van der Waals surface area contributed by atoms with Gasteiger partial charge >= 0.3 is 0 Å². The first-order chi connectivity index (χ1) is 10.5. The molecule has 1 nitrogen and oxygen atoms in total. The third-order valence-corrected chi connectivity index (χ3v) is 7.72. The number of hydrogen-bond acceptors (Lipinski definition) is 1. The van der Waals surface area contributed by atoms with E-state index in [1.807, 2.05) is 6.08 Å². The normalized spacial score (nSPS) is 49.7. The minimum atomic E-state index is 0.211. The van der Waals surface area contributed by atoms with E-state index >= 15 is 0 Å². The molecule has 0 N–H and O–H groups in total. The Balaban J connectivity index is 1.74. The van der Waals surface area contributed by atoms with Crippen molar-refractivity contribution < 1.29 is 4.79 Å². The van der Waals surface area contributed by atoms with E-state index in [1.165, 1.54) is 31.3 Å². The topological polar surface area (TPSA) is 17.1 Å². The average molecular weight is 294 g/mol. The summed E-state index contributed by atoms with van der Waals surface area (Å²) in [7, 11) is 0. The van der Waals surface area contributed by atoms with Crippen LogP contribution in [0.15, 0.2) is 23.8 Å². The van der Waals surface area contributed by atoms with Crippen LogP contribution in [-0.2, 0) is 4.79 Å². The zero-order valence-electron chi connectivity index (χ0n) is 13.8. The van der Waals surface area contributed by atoms with Crippen LogP contribution >= 0.6 is 0 Å². The molecule has 0 radical (unpaired) electrons. The van der Waals surface area contributed by atoms with Crippen LogP contribution in [0.1, 0.15) is 52.4 Å². The summed E-state index contributed by atoms with van der Waals surface area (Å²) in [4.78, 5) is 11.8. The van der Waals surface area contributed by atoms with Crippen LogP contribution in [0.4, 0.5) is 0 Å². The third-order valence-electron chi connectivity index (χ3n) is 7.72. The molecule has 2 saturated carbocycles. The minimum absolute atomic E-state index is 0.211. The Hall–Kier alpha value is -1.29. The fourth-order valence-corrected chi connectivity index (χ4v) is 6.27. The van der Waals surface area contributed by atoms with Gasteiger partial charge in [0.15, 0.2) is 5.78 Å². The van der Waals surface area contributed by atoms with Crippen molar-refractivity contribution in [3.63, 3.8) is 0 Å². The third kappa shape index (κ3) is 1.70. The number of hydrogen-bond donors (Lipinski definition) is 0. The molecule has 0 heterocycles. The molecule has 22 heavy (non-hydrogen) atoms. The van der Waals surface area contributed by atoms with Gasteiger partial charge in [-0.15, -0.1) is 12.3 Å². The van der Waals surface area contributed by atoms with Crippen LogP contribution in [0, 0.1) is 46.8 Å². The standard InChI is InChI=1S/C21H26O/c1-4-14-6-8-18-17-7-5-15-13-16(22)9-11-21(15,3)19(17)10-12-20(14,18)2/h1,5,7,13-14,17-19H,6,8-12H2,2-3H3/t14-,17?,18?,19?,20+,21-/m0/s1. The van der Waals surface area contributed by atoms with Crippen molar-refractivity contribution in [3.8, 4) is 12.3 Å². The Kier molecular flexibility index (Phi) is 3.00. The molecule has 116 valence electrons. The quantitative estimate of drug-likeness (QED) is 0.599. The van der Waals surface area contributed by atoms with Gasteiger partial charge in [0.25, 0.3) is 0 Å². The van der Waals surface area contributed by atoms with Crippen LogP contribution in [-0.4, -0.2) is 5.78 Å². The maximum atomic E-state index is 11.8. The van der Waals surface area contributed by atoms with Gasteiger partial charge in [-0.3, -0.25) is 4.79 Å². The molecule has 0 amide bonds. The number of ketones is 1. The lowest BCUT2D eigenvalue weighted by molar-refractivity contribution is -0.116. The second-order valence-corrected chi connectivity index (χ2v) is 8.47. The molecule has 0 aliphatic heterocycles. The van der Waals surface area contributed by atoms with E-state index in [0.717, 1.165) is 18.8 Å². The maximum absolute atomic E-state index is 11.8. The Morgan fingerprint density at radius 3 is 2.77 bits per heavy atom. The molecule has 0 aromatic rings. The van der Waals surface area contributed by atoms with Crippen molar-refractivity contribution in [2.24, 2.45) is 34.5 Å². The number of fused-ring (bicyclic) bond motifs is 5. The molecule has 4 aliphatic carbocycles. The summed E-state index contributed by atoms with van der Waals surface area (Å²) < 4.78 is 0. The van der Waals surface area contributed by atoms with Gasteiger partial charge in [0.2, 0.25) is 0 Å². The Labute approximate surface area is 134 Å². The SMILES string of the molecule is C#C[C@H]1CCC2C3C=CC4=CC(=O)CC[C@]4(C)C3CC[C@@]21C. The zero-order chi connectivity index (χ0) is 15.5. The number of carbonyl (C=O) groups excluding carboxylic acids is 1. The summed E-state index contributed by atoms with van der Waals surface area (Å²) in [6, 6.07) is 0. The van der Waals surface area contributed by atoms with Gasteiger partial charge in [0, 0.05) is 12.3 Å². The lowest BCUT2D eigenvalue weighted by atomic mass is 9.48. The summed E-state index contributed by atoms with van der Waals surface area (Å²) >= 11 is 0. The lowest BCUT2D eigenvalue weighted by Gasteiger charge is -2.55. The highest BCUT2D eigenvalue weighted by atomic mass is 16.1. The Bertz CT molecular complexity index is 618. The number of allylic oxidation sites excluding steroid dienone is 4. The Morgan fingerprint density at radius 1 is 1.18 bits per heavy atom. The van der Waals surface area contributed by atoms with Gasteiger partial charge in [0.05, 0.1) is 0 Å². The van der Waals surface area contributed by atoms with Crippen LogP contribution < -0.4 is 0 Å². The molecule has 0 aromatic heterocycles. The predicted molar refractivity (Wildman–Crippen MR) is 88.9 cm³/mol. The second-order valence-electron chi connectivity index (χ2n) is 8.47. The molecule has 4 aliphatic rings. The molecule has 3 unspecified atom stereocenters. The predicted octanol–water partition coefficient (Wildman–Crippen LogP) is 4.54. The van der Waals surface area contributed by atoms with Crippen molar-refractivity contribution >= 4 is 5.78 Å². The van der Waals surface area contributed by atoms with E-state index in [9.17, 15) is 4.79 Å². The molecule has 0 aromatic carbocycles. The monoisotopic (exact) mass is 294 g/mol. The summed E-state index contributed by atoms with van der Waals surface area (Å²) in [6.45, 7) is 4.85. The van der Waals surface area contributed by atoms with Crippen LogP contribution in [0.3, 0.4) is 0 Å². The van der Waals surface area contributed by atoms with Gasteiger partial charge in [-0.25, -0.2) is 0 Å². The van der Waals surface area contributed by atoms with E-state index in [2.05, 4.69) is 31.9 Å². The van der Waals surface area contributed by atoms with Gasteiger partial charge < -0.3 is 0 Å². The molecule has 0 spiro atoms. The summed E-state index contributed by atoms with van der Waals surface area (Å²) in [5.41, 5.74) is 1.84.